The molecule has 6 heteroatoms. The van der Waals surface area contributed by atoms with Crippen molar-refractivity contribution in [2.75, 3.05) is 13.7 Å². The van der Waals surface area contributed by atoms with Crippen LogP contribution in [0.1, 0.15) is 58.4 Å². The van der Waals surface area contributed by atoms with Crippen LogP contribution in [0, 0.1) is 5.41 Å². The zero-order valence-corrected chi connectivity index (χ0v) is 17.5. The smallest absolute Gasteiger partial charge is 0.241 e. The standard InChI is InChI=1S/C22H34N2O4/c1-5-27-19-13-22(23,21(19,2)3)20(25)24-14-15-10-11-17(26-4)18(12-15)28-16-8-6-7-9-16/h10-12,16,19H,5-9,13-14,23H2,1-4H3,(H,24,25). The van der Waals surface area contributed by atoms with Gasteiger partial charge in [-0.1, -0.05) is 19.9 Å². The van der Waals surface area contributed by atoms with Crippen molar-refractivity contribution in [1.29, 1.82) is 0 Å². The molecule has 1 aromatic rings. The van der Waals surface area contributed by atoms with Gasteiger partial charge in [0.05, 0.1) is 19.3 Å². The Labute approximate surface area is 168 Å². The van der Waals surface area contributed by atoms with Crippen molar-refractivity contribution in [2.45, 2.75) is 77.2 Å². The van der Waals surface area contributed by atoms with Crippen LogP contribution >= 0.6 is 0 Å². The zero-order valence-electron chi connectivity index (χ0n) is 17.5. The third kappa shape index (κ3) is 3.85. The number of methoxy groups -OCH3 is 1. The highest BCUT2D eigenvalue weighted by molar-refractivity contribution is 5.88. The number of hydrogen-bond donors (Lipinski definition) is 2. The summed E-state index contributed by atoms with van der Waals surface area (Å²) in [5.74, 6) is 1.32. The Hall–Kier alpha value is -1.79. The van der Waals surface area contributed by atoms with Crippen molar-refractivity contribution in [1.82, 2.24) is 5.32 Å². The predicted molar refractivity (Wildman–Crippen MR) is 108 cm³/mol. The lowest BCUT2D eigenvalue weighted by molar-refractivity contribution is -0.170. The first-order valence-electron chi connectivity index (χ1n) is 10.3. The number of ether oxygens (including phenoxy) is 3. The topological polar surface area (TPSA) is 82.8 Å². The molecule has 0 bridgehead atoms. The Morgan fingerprint density at radius 1 is 1.25 bits per heavy atom. The monoisotopic (exact) mass is 390 g/mol. The molecular weight excluding hydrogens is 356 g/mol. The van der Waals surface area contributed by atoms with Crippen LogP contribution in [0.15, 0.2) is 18.2 Å². The van der Waals surface area contributed by atoms with Crippen LogP contribution in [0.4, 0.5) is 0 Å². The van der Waals surface area contributed by atoms with Crippen LogP contribution in [0.3, 0.4) is 0 Å². The van der Waals surface area contributed by atoms with E-state index in [1.807, 2.05) is 39.0 Å². The SMILES string of the molecule is CCOC1CC(N)(C(=O)NCc2ccc(OC)c(OC3CCCC3)c2)C1(C)C. The summed E-state index contributed by atoms with van der Waals surface area (Å²) in [6.07, 6.45) is 5.38. The van der Waals surface area contributed by atoms with E-state index in [-0.39, 0.29) is 18.1 Å². The van der Waals surface area contributed by atoms with Crippen molar-refractivity contribution in [3.63, 3.8) is 0 Å². The molecule has 2 fully saturated rings. The van der Waals surface area contributed by atoms with Crippen LogP contribution in [0.25, 0.3) is 0 Å². The number of benzene rings is 1. The van der Waals surface area contributed by atoms with Gasteiger partial charge in [-0.3, -0.25) is 4.79 Å². The van der Waals surface area contributed by atoms with Gasteiger partial charge in [0.15, 0.2) is 11.5 Å². The van der Waals surface area contributed by atoms with E-state index >= 15 is 0 Å². The molecule has 6 nitrogen and oxygen atoms in total. The maximum Gasteiger partial charge on any atom is 0.241 e. The average molecular weight is 391 g/mol. The van der Waals surface area contributed by atoms with E-state index < -0.39 is 11.0 Å². The largest absolute Gasteiger partial charge is 0.493 e. The molecule has 0 aliphatic heterocycles. The normalized spacial score (nSPS) is 26.5. The molecule has 2 saturated carbocycles. The number of nitrogens with one attached hydrogen (secondary N) is 1. The Balaban J connectivity index is 1.63. The molecule has 3 rings (SSSR count). The van der Waals surface area contributed by atoms with Crippen LogP contribution in [-0.4, -0.2) is 37.4 Å². The van der Waals surface area contributed by atoms with E-state index in [1.54, 1.807) is 7.11 Å². The van der Waals surface area contributed by atoms with E-state index in [0.717, 1.165) is 29.9 Å². The molecule has 2 unspecified atom stereocenters. The van der Waals surface area contributed by atoms with Crippen LogP contribution < -0.4 is 20.5 Å². The molecule has 0 spiro atoms. The molecule has 2 aliphatic carbocycles. The van der Waals surface area contributed by atoms with Gasteiger partial charge in [-0.15, -0.1) is 0 Å². The van der Waals surface area contributed by atoms with Gasteiger partial charge in [-0.2, -0.15) is 0 Å². The minimum atomic E-state index is -0.914. The van der Waals surface area contributed by atoms with Gasteiger partial charge in [0.25, 0.3) is 0 Å². The fourth-order valence-corrected chi connectivity index (χ4v) is 4.27. The minimum Gasteiger partial charge on any atom is -0.493 e. The summed E-state index contributed by atoms with van der Waals surface area (Å²) in [5, 5.41) is 3.00. The number of hydrogen-bond acceptors (Lipinski definition) is 5. The average Bonchev–Trinajstić information content (AvgIpc) is 3.19. The number of nitrogens with two attached hydrogens (primary N) is 1. The molecule has 0 saturated heterocycles. The fraction of sp³-hybridized carbons (Fsp3) is 0.682. The maximum atomic E-state index is 12.8. The molecule has 1 amide bonds. The quantitative estimate of drug-likeness (QED) is 0.712. The second-order valence-electron chi connectivity index (χ2n) is 8.53. The summed E-state index contributed by atoms with van der Waals surface area (Å²) in [6.45, 7) is 6.98. The van der Waals surface area contributed by atoms with E-state index in [2.05, 4.69) is 5.32 Å². The lowest BCUT2D eigenvalue weighted by atomic mass is 9.54. The fourth-order valence-electron chi connectivity index (χ4n) is 4.27. The molecule has 0 heterocycles. The first-order chi connectivity index (χ1) is 13.3. The molecular formula is C22H34N2O4. The molecule has 1 aromatic carbocycles. The Morgan fingerprint density at radius 3 is 2.57 bits per heavy atom. The highest BCUT2D eigenvalue weighted by atomic mass is 16.5. The summed E-state index contributed by atoms with van der Waals surface area (Å²) < 4.78 is 17.3. The van der Waals surface area contributed by atoms with Crippen molar-refractivity contribution in [2.24, 2.45) is 11.1 Å². The summed E-state index contributed by atoms with van der Waals surface area (Å²) >= 11 is 0. The minimum absolute atomic E-state index is 0.0145. The van der Waals surface area contributed by atoms with Gasteiger partial charge >= 0.3 is 0 Å². The van der Waals surface area contributed by atoms with Crippen molar-refractivity contribution >= 4 is 5.91 Å². The number of carbonyl (C=O) groups is 1. The maximum absolute atomic E-state index is 12.8. The molecule has 2 aliphatic rings. The number of amides is 1. The van der Waals surface area contributed by atoms with E-state index in [4.69, 9.17) is 19.9 Å². The summed E-state index contributed by atoms with van der Waals surface area (Å²) in [7, 11) is 1.64. The molecule has 2 atom stereocenters. The highest BCUT2D eigenvalue weighted by Gasteiger charge is 2.62. The summed E-state index contributed by atoms with van der Waals surface area (Å²) in [5.41, 5.74) is 6.11. The van der Waals surface area contributed by atoms with Crippen LogP contribution in [0.2, 0.25) is 0 Å². The second kappa shape index (κ2) is 8.29. The predicted octanol–water partition coefficient (Wildman–Crippen LogP) is 3.17. The third-order valence-corrected chi connectivity index (χ3v) is 6.51. The third-order valence-electron chi connectivity index (χ3n) is 6.51. The first-order valence-corrected chi connectivity index (χ1v) is 10.3. The molecule has 0 aromatic heterocycles. The van der Waals surface area contributed by atoms with E-state index in [0.29, 0.717) is 19.6 Å². The van der Waals surface area contributed by atoms with E-state index in [1.165, 1.54) is 12.8 Å². The second-order valence-corrected chi connectivity index (χ2v) is 8.53. The van der Waals surface area contributed by atoms with E-state index in [9.17, 15) is 4.79 Å². The number of carbonyl (C=O) groups excluding carboxylic acids is 1. The summed E-state index contributed by atoms with van der Waals surface area (Å²) in [6, 6.07) is 5.79. The van der Waals surface area contributed by atoms with Crippen LogP contribution in [0.5, 0.6) is 11.5 Å². The van der Waals surface area contributed by atoms with Gasteiger partial charge in [-0.25, -0.2) is 0 Å². The first kappa shape index (κ1) is 20.9. The van der Waals surface area contributed by atoms with Gasteiger partial charge in [0.1, 0.15) is 5.54 Å². The lowest BCUT2D eigenvalue weighted by Gasteiger charge is -2.57. The molecule has 28 heavy (non-hydrogen) atoms. The Bertz CT molecular complexity index is 700. The Morgan fingerprint density at radius 2 is 1.96 bits per heavy atom. The van der Waals surface area contributed by atoms with Crippen molar-refractivity contribution in [3.05, 3.63) is 23.8 Å². The zero-order chi connectivity index (χ0) is 20.4. The lowest BCUT2D eigenvalue weighted by Crippen LogP contribution is -2.75. The number of rotatable bonds is 8. The van der Waals surface area contributed by atoms with Gasteiger partial charge in [-0.05, 0) is 50.3 Å². The Kier molecular flexibility index (Phi) is 6.20. The van der Waals surface area contributed by atoms with Gasteiger partial charge < -0.3 is 25.3 Å². The van der Waals surface area contributed by atoms with Gasteiger partial charge in [0.2, 0.25) is 5.91 Å². The molecule has 3 N–H and O–H groups in total. The highest BCUT2D eigenvalue weighted by Crippen LogP contribution is 2.49. The molecule has 0 radical (unpaired) electrons. The summed E-state index contributed by atoms with van der Waals surface area (Å²) in [4.78, 5) is 12.8. The van der Waals surface area contributed by atoms with Crippen molar-refractivity contribution in [3.8, 4) is 11.5 Å². The molecule has 156 valence electrons. The van der Waals surface area contributed by atoms with Gasteiger partial charge in [0, 0.05) is 25.0 Å². The van der Waals surface area contributed by atoms with Crippen molar-refractivity contribution < 1.29 is 19.0 Å². The van der Waals surface area contributed by atoms with Crippen LogP contribution in [-0.2, 0) is 16.1 Å².